The Bertz CT molecular complexity index is 1740. The van der Waals surface area contributed by atoms with Crippen molar-refractivity contribution in [2.24, 2.45) is 0 Å². The minimum atomic E-state index is -4.72. The molecule has 0 aliphatic rings. The molecule has 0 saturated heterocycles. The minimum Gasteiger partial charge on any atom is -0.392 e. The van der Waals surface area contributed by atoms with Gasteiger partial charge in [0, 0.05) is 39.8 Å². The monoisotopic (exact) mass is 536 g/mol. The lowest BCUT2D eigenvalue weighted by Crippen LogP contribution is -2.09. The second kappa shape index (κ2) is 10.3. The minimum absolute atomic E-state index is 0.119. The van der Waals surface area contributed by atoms with E-state index in [1.165, 1.54) is 12.1 Å². The van der Waals surface area contributed by atoms with E-state index in [2.05, 4.69) is 16.9 Å². The van der Waals surface area contributed by atoms with Gasteiger partial charge in [0.2, 0.25) is 0 Å². The molecule has 3 nitrogen and oxygen atoms in total. The molecule has 1 aromatic heterocycles. The molecule has 9 heteroatoms. The van der Waals surface area contributed by atoms with Gasteiger partial charge in [0.1, 0.15) is 23.0 Å². The first kappa shape index (κ1) is 26.1. The van der Waals surface area contributed by atoms with E-state index in [-0.39, 0.29) is 23.2 Å². The molecule has 39 heavy (non-hydrogen) atoms. The van der Waals surface area contributed by atoms with Crippen molar-refractivity contribution in [2.45, 2.75) is 19.3 Å². The van der Waals surface area contributed by atoms with Crippen LogP contribution in [-0.2, 0) is 19.3 Å². The molecule has 0 amide bonds. The maximum Gasteiger partial charge on any atom is 0.418 e. The van der Waals surface area contributed by atoms with Gasteiger partial charge in [-0.3, -0.25) is 4.68 Å². The van der Waals surface area contributed by atoms with Gasteiger partial charge in [-0.25, -0.2) is 13.2 Å². The van der Waals surface area contributed by atoms with E-state index in [9.17, 15) is 31.4 Å². The van der Waals surface area contributed by atoms with Crippen LogP contribution in [0.1, 0.15) is 27.8 Å². The van der Waals surface area contributed by atoms with Crippen LogP contribution in [0.3, 0.4) is 0 Å². The van der Waals surface area contributed by atoms with Crippen molar-refractivity contribution in [2.75, 3.05) is 0 Å². The molecule has 5 aromatic rings. The van der Waals surface area contributed by atoms with Gasteiger partial charge in [-0.15, -0.1) is 0 Å². The first-order chi connectivity index (χ1) is 18.6. The number of alkyl halides is 3. The Kier molecular flexibility index (Phi) is 6.89. The SMILES string of the molecule is OCc1cccc(C#Cc2cccc(-c3c4cccc(C(F)(F)F)c4nn3Cc3c(F)cc(F)cc3F)c2)c1. The predicted octanol–water partition coefficient (Wildman–Crippen LogP) is 7.08. The van der Waals surface area contributed by atoms with Crippen LogP contribution >= 0.6 is 0 Å². The topological polar surface area (TPSA) is 38.1 Å². The number of aliphatic hydroxyl groups excluding tert-OH is 1. The molecule has 0 aliphatic carbocycles. The molecular formula is C30H18F6N2O. The second-order valence-corrected chi connectivity index (χ2v) is 8.74. The summed E-state index contributed by atoms with van der Waals surface area (Å²) in [5.41, 5.74) is 0.527. The van der Waals surface area contributed by atoms with Gasteiger partial charge < -0.3 is 5.11 Å². The summed E-state index contributed by atoms with van der Waals surface area (Å²) in [6.45, 7) is -0.722. The number of aliphatic hydroxyl groups is 1. The van der Waals surface area contributed by atoms with Gasteiger partial charge in [0.25, 0.3) is 0 Å². The standard InChI is InChI=1S/C30H18F6N2O/c31-22-14-26(32)24(27(33)15-22)16-38-29(23-8-3-9-25(28(23)37-38)30(34,35)36)21-7-2-5-19(13-21)11-10-18-4-1-6-20(12-18)17-39/h1-9,12-15,39H,16-17H2. The van der Waals surface area contributed by atoms with Gasteiger partial charge in [-0.2, -0.15) is 18.3 Å². The van der Waals surface area contributed by atoms with E-state index in [0.717, 1.165) is 10.7 Å². The normalized spacial score (nSPS) is 11.5. The number of halogens is 6. The Morgan fingerprint density at radius 2 is 1.44 bits per heavy atom. The zero-order chi connectivity index (χ0) is 27.7. The third-order valence-corrected chi connectivity index (χ3v) is 6.09. The zero-order valence-electron chi connectivity index (χ0n) is 20.0. The summed E-state index contributed by atoms with van der Waals surface area (Å²) >= 11 is 0. The fourth-order valence-corrected chi connectivity index (χ4v) is 4.31. The molecule has 4 aromatic carbocycles. The number of benzene rings is 4. The van der Waals surface area contributed by atoms with E-state index in [0.29, 0.717) is 34.4 Å². The van der Waals surface area contributed by atoms with Crippen LogP contribution < -0.4 is 0 Å². The van der Waals surface area contributed by atoms with Crippen molar-refractivity contribution >= 4 is 10.9 Å². The van der Waals surface area contributed by atoms with Crippen molar-refractivity contribution < 1.29 is 31.4 Å². The number of aromatic nitrogens is 2. The molecule has 1 heterocycles. The fraction of sp³-hybridized carbons (Fsp3) is 0.100. The Morgan fingerprint density at radius 1 is 0.795 bits per heavy atom. The van der Waals surface area contributed by atoms with Crippen LogP contribution in [-0.4, -0.2) is 14.9 Å². The molecule has 5 rings (SSSR count). The van der Waals surface area contributed by atoms with Crippen molar-refractivity contribution in [3.05, 3.63) is 124 Å². The molecule has 1 N–H and O–H groups in total. The first-order valence-electron chi connectivity index (χ1n) is 11.7. The molecule has 0 radical (unpaired) electrons. The van der Waals surface area contributed by atoms with E-state index in [4.69, 9.17) is 0 Å². The maximum atomic E-state index is 14.5. The van der Waals surface area contributed by atoms with Crippen LogP contribution in [0.15, 0.2) is 78.9 Å². The molecular weight excluding hydrogens is 518 g/mol. The summed E-state index contributed by atoms with van der Waals surface area (Å²) in [5, 5.41) is 13.6. The zero-order valence-corrected chi connectivity index (χ0v) is 20.0. The van der Waals surface area contributed by atoms with Crippen LogP contribution in [0.25, 0.3) is 22.2 Å². The van der Waals surface area contributed by atoms with E-state index in [1.807, 2.05) is 0 Å². The molecule has 0 bridgehead atoms. The van der Waals surface area contributed by atoms with Crippen molar-refractivity contribution in [3.8, 4) is 23.1 Å². The van der Waals surface area contributed by atoms with Crippen molar-refractivity contribution in [1.82, 2.24) is 9.78 Å². The van der Waals surface area contributed by atoms with Crippen LogP contribution in [0.4, 0.5) is 26.3 Å². The Hall–Kier alpha value is -4.55. The predicted molar refractivity (Wildman–Crippen MR) is 134 cm³/mol. The average molecular weight is 536 g/mol. The highest BCUT2D eigenvalue weighted by molar-refractivity contribution is 5.95. The van der Waals surface area contributed by atoms with Crippen LogP contribution in [0.5, 0.6) is 0 Å². The molecule has 196 valence electrons. The third kappa shape index (κ3) is 5.38. The van der Waals surface area contributed by atoms with Gasteiger partial charge in [-0.1, -0.05) is 48.2 Å². The average Bonchev–Trinajstić information content (AvgIpc) is 3.27. The molecule has 0 atom stereocenters. The Labute approximate surface area is 219 Å². The van der Waals surface area contributed by atoms with Crippen LogP contribution in [0.2, 0.25) is 0 Å². The van der Waals surface area contributed by atoms with Crippen LogP contribution in [0, 0.1) is 29.3 Å². The van der Waals surface area contributed by atoms with Crippen molar-refractivity contribution in [3.63, 3.8) is 0 Å². The van der Waals surface area contributed by atoms with Gasteiger partial charge in [0.05, 0.1) is 24.4 Å². The summed E-state index contributed by atoms with van der Waals surface area (Å²) in [6.07, 6.45) is -4.72. The Balaban J connectivity index is 1.67. The Morgan fingerprint density at radius 3 is 2.10 bits per heavy atom. The highest BCUT2D eigenvalue weighted by Gasteiger charge is 2.34. The second-order valence-electron chi connectivity index (χ2n) is 8.74. The summed E-state index contributed by atoms with van der Waals surface area (Å²) in [4.78, 5) is 0. The number of nitrogens with zero attached hydrogens (tertiary/aromatic N) is 2. The summed E-state index contributed by atoms with van der Waals surface area (Å²) in [5.74, 6) is 2.49. The lowest BCUT2D eigenvalue weighted by Gasteiger charge is -2.11. The molecule has 0 aliphatic heterocycles. The summed E-state index contributed by atoms with van der Waals surface area (Å²) in [6, 6.07) is 18.2. The largest absolute Gasteiger partial charge is 0.418 e. The number of hydrogen-bond acceptors (Lipinski definition) is 2. The summed E-state index contributed by atoms with van der Waals surface area (Å²) < 4.78 is 84.9. The quantitative estimate of drug-likeness (QED) is 0.197. The highest BCUT2D eigenvalue weighted by atomic mass is 19.4. The third-order valence-electron chi connectivity index (χ3n) is 6.09. The summed E-state index contributed by atoms with van der Waals surface area (Å²) in [7, 11) is 0. The highest BCUT2D eigenvalue weighted by Crippen LogP contribution is 2.38. The maximum absolute atomic E-state index is 14.5. The van der Waals surface area contributed by atoms with E-state index >= 15 is 0 Å². The van der Waals surface area contributed by atoms with Gasteiger partial charge in [-0.05, 0) is 35.9 Å². The first-order valence-corrected chi connectivity index (χ1v) is 11.7. The van der Waals surface area contributed by atoms with E-state index in [1.54, 1.807) is 48.5 Å². The van der Waals surface area contributed by atoms with E-state index < -0.39 is 41.3 Å². The van der Waals surface area contributed by atoms with Crippen molar-refractivity contribution in [1.29, 1.82) is 0 Å². The molecule has 0 saturated carbocycles. The number of rotatable bonds is 4. The number of fused-ring (bicyclic) bond motifs is 1. The smallest absolute Gasteiger partial charge is 0.392 e. The molecule has 0 unspecified atom stereocenters. The lowest BCUT2D eigenvalue weighted by molar-refractivity contribution is -0.136. The van der Waals surface area contributed by atoms with Gasteiger partial charge >= 0.3 is 6.18 Å². The fourth-order valence-electron chi connectivity index (χ4n) is 4.31. The van der Waals surface area contributed by atoms with Gasteiger partial charge in [0.15, 0.2) is 0 Å². The lowest BCUT2D eigenvalue weighted by atomic mass is 10.0. The molecule has 0 fully saturated rings. The number of hydrogen-bond donors (Lipinski definition) is 1. The molecule has 0 spiro atoms.